The second kappa shape index (κ2) is 49.4. The van der Waals surface area contributed by atoms with Crippen LogP contribution in [0.2, 0.25) is 0 Å². The van der Waals surface area contributed by atoms with Gasteiger partial charge in [-0.3, -0.25) is 63.9 Å². The number of carbonyl (C=O) groups is 4. The van der Waals surface area contributed by atoms with Crippen LogP contribution < -0.4 is 32.4 Å². The van der Waals surface area contributed by atoms with E-state index in [4.69, 9.17) is 88.0 Å². The molecule has 14 heterocycles. The summed E-state index contributed by atoms with van der Waals surface area (Å²) in [5.41, 5.74) is -0.586. The maximum absolute atomic E-state index is 16.6. The average Bonchev–Trinajstić information content (AvgIpc) is 1.62. The third-order valence-electron chi connectivity index (χ3n) is 19.1. The number of aliphatic hydroxyl groups excluding tert-OH is 2. The molecular formula is C76H94F2N28O22P4S. The molecule has 0 radical (unpaired) electrons. The van der Waals surface area contributed by atoms with Gasteiger partial charge in [0, 0.05) is 69.4 Å². The highest BCUT2D eigenvalue weighted by Crippen LogP contribution is 2.55. The Bertz CT molecular complexity index is 6090. The Labute approximate surface area is 769 Å². The zero-order valence-electron chi connectivity index (χ0n) is 74.9. The molecule has 10 N–H and O–H groups in total. The largest absolute Gasteiger partial charge is 0.388 e. The van der Waals surface area contributed by atoms with Gasteiger partial charge in [0.1, 0.15) is 37.1 Å². The molecule has 16 rings (SSSR count). The van der Waals surface area contributed by atoms with Crippen molar-refractivity contribution in [1.82, 2.24) is 110 Å². The van der Waals surface area contributed by atoms with Crippen molar-refractivity contribution in [3.63, 3.8) is 0 Å². The van der Waals surface area contributed by atoms with E-state index in [1.54, 1.807) is 127 Å². The minimum absolute atomic E-state index is 0. The molecule has 0 bridgehead atoms. The van der Waals surface area contributed by atoms with Gasteiger partial charge >= 0.3 is 32.7 Å². The summed E-state index contributed by atoms with van der Waals surface area (Å²) in [5.74, 6) is -2.60. The third-order valence-corrected chi connectivity index (χ3v) is 22.7. The Hall–Kier alpha value is -12.3. The van der Waals surface area contributed by atoms with Gasteiger partial charge < -0.3 is 72.2 Å². The molecule has 10 aromatic heterocycles. The highest BCUT2D eigenvalue weighted by molar-refractivity contribution is 8.07. The number of nitrogens with zero attached hydrogens (tertiary/aromatic N) is 22. The lowest BCUT2D eigenvalue weighted by atomic mass is 10.1. The normalized spacial score (nSPS) is 22.0. The van der Waals surface area contributed by atoms with Crippen molar-refractivity contribution in [3.05, 3.63) is 166 Å². The number of H-pyrrole nitrogens is 2. The number of anilines is 4. The van der Waals surface area contributed by atoms with Gasteiger partial charge in [-0.2, -0.15) is 39.2 Å². The standard InChI is InChI=1S/C33H37FN13O9PS.C33H37FN13O9P.2C5H5N.2HO2P.4H2/c1-4-20-24(21(34)32(55-20)46-26-22(42-44-46)25(36-15-37-26)38-29(50)17-9-6-5-7-10-17)56-57(58,52-12-8-11-35)53-14-18-13-19(48)31(54-18)47-27-23(43-45-47)30(51)41-33(39-27)40-28(49)16(2)3;1-4-20-24(21(34)32(55-20)46-26-22(42-44-46)25(36-15-37-26)38-29(50)17-9-6-5-7-10-17)56-57(52-12-8-11-35)53-14-18-13-19(48)31(54-18)47-27-23(43-45-47)30(51)41-33(39-27)40-28(49)16(2)3;2*1-2-4-6-5-3-1;2*1-3-2;;;;/h5-7,9-10,15-16,18-21,24,31-32,48H,4,8,12-14H2,1-3H3,(H,36,37,38,50)(H2,39,40,41,49,51);5-7,9-10,15-16,18-21,24,31-32,48H,4,8,12-14H2,1-3H3,(H,36,37,38,50)(H2,39,40,41,49,51);2*1-5H;2*(H,1,2);4*1H/t2*18-,19-,20+,21-,24+,31+,32+,57?;;;;;;;;/m00......../s1/i;;;;;;1+2T;1+1D;;. The van der Waals surface area contributed by atoms with E-state index in [9.17, 15) is 44.2 Å². The molecule has 0 saturated carbocycles. The number of alkyl halides is 2. The molecule has 57 heteroatoms. The van der Waals surface area contributed by atoms with Crippen molar-refractivity contribution in [2.45, 2.75) is 166 Å². The Morgan fingerprint density at radius 1 is 0.594 bits per heavy atom. The van der Waals surface area contributed by atoms with Crippen LogP contribution in [0.3, 0.4) is 0 Å². The Morgan fingerprint density at radius 2 is 0.992 bits per heavy atom. The predicted octanol–water partition coefficient (Wildman–Crippen LogP) is 8.41. The first-order valence-electron chi connectivity index (χ1n) is 42.4. The summed E-state index contributed by atoms with van der Waals surface area (Å²) >= 11 is 5.73. The predicted molar refractivity (Wildman–Crippen MR) is 473 cm³/mol. The third kappa shape index (κ3) is 26.4. The Morgan fingerprint density at radius 3 is 1.40 bits per heavy atom. The lowest BCUT2D eigenvalue weighted by molar-refractivity contribution is -0.119. The van der Waals surface area contributed by atoms with Gasteiger partial charge in [-0.15, -0.1) is 20.4 Å². The lowest BCUT2D eigenvalue weighted by Crippen LogP contribution is -2.32. The molecule has 133 heavy (non-hydrogen) atoms. The molecule has 4 aliphatic rings. The van der Waals surface area contributed by atoms with Gasteiger partial charge in [0.15, 0.2) is 93.5 Å². The number of amides is 4. The minimum Gasteiger partial charge on any atom is -0.388 e. The first-order chi connectivity index (χ1) is 66.3. The summed E-state index contributed by atoms with van der Waals surface area (Å²) in [6.45, 7) is 5.56. The number of nitriles is 2. The molecular weight excluding hydrogens is 1850 g/mol. The van der Waals surface area contributed by atoms with Crippen LogP contribution >= 0.6 is 32.7 Å². The summed E-state index contributed by atoms with van der Waals surface area (Å²) in [6.07, 6.45) is -7.18. The van der Waals surface area contributed by atoms with Crippen LogP contribution in [0.4, 0.5) is 32.3 Å². The number of ether oxygens (including phenoxy) is 4. The Kier molecular flexibility index (Phi) is 36.5. The van der Waals surface area contributed by atoms with Crippen LogP contribution in [-0.2, 0) is 76.6 Å². The molecule has 0 spiro atoms. The van der Waals surface area contributed by atoms with E-state index >= 15 is 8.78 Å². The number of aromatic nitrogens is 22. The number of benzene rings is 2. The highest BCUT2D eigenvalue weighted by atomic mass is 32.5. The van der Waals surface area contributed by atoms with Crippen molar-refractivity contribution < 1.29 is 112 Å². The van der Waals surface area contributed by atoms with Crippen LogP contribution in [-0.4, -0.2) is 241 Å². The number of carbonyl (C=O) groups excluding carboxylic acids is 4. The van der Waals surface area contributed by atoms with Gasteiger partial charge in [-0.1, -0.05) is 111 Å². The van der Waals surface area contributed by atoms with E-state index in [-0.39, 0.29) is 141 Å². The molecule has 4 saturated heterocycles. The molecule has 4 aliphatic heterocycles. The molecule has 2 unspecified atom stereocenters. The number of halogens is 2. The molecule has 0 aliphatic carbocycles. The first kappa shape index (κ1) is 98.2. The van der Waals surface area contributed by atoms with Crippen LogP contribution in [0, 0.1) is 34.5 Å². The summed E-state index contributed by atoms with van der Waals surface area (Å²) in [6, 6.07) is 32.3. The quantitative estimate of drug-likeness (QED) is 0.0149. The van der Waals surface area contributed by atoms with Gasteiger partial charge in [0.05, 0.1) is 75.8 Å². The minimum atomic E-state index is -3.87. The number of nitrogens with one attached hydrogen (secondary N) is 6. The number of hydrogen-bond donors (Lipinski definition) is 10. The SMILES string of the molecule is CC[C@H]1O[C@@H](n2nnc3c(NC(=O)c4ccccc4)ncnc32)[C@@H](F)[C@@H]1OP(=S)(OCCC#N)OC[C@@H]1C[C@H](O)[C@H](n2nnc3c(=O)[nH]c(NC(=O)C(C)C)nc32)O1.CC[C@H]1O[C@@H](n2nnc3c(NC(=O)c4ccccc4)ncnc32)[C@@H](F)[C@@H]1OP(OCCC#N)OC[C@@H]1C[C@H](O)[C@H](n2nnc3c(=O)[nH]c(NC(=O)C(C)C)nc32)O1.O=PO.O=PO.[2H][2H].[3H][3H].[HH].[HH].c1ccncc1.c1ccncc1. The second-order valence-electron chi connectivity index (χ2n) is 28.9. The fourth-order valence-electron chi connectivity index (χ4n) is 12.8. The van der Waals surface area contributed by atoms with E-state index in [0.717, 1.165) is 18.7 Å². The number of rotatable bonds is 30. The zero-order valence-corrected chi connectivity index (χ0v) is 75.3. The lowest BCUT2D eigenvalue weighted by Gasteiger charge is -2.28. The number of pyridine rings is 2. The van der Waals surface area contributed by atoms with E-state index in [2.05, 4.69) is 112 Å². The van der Waals surface area contributed by atoms with E-state index in [1.165, 1.54) is 12.7 Å². The topological polar surface area (TPSA) is 663 Å². The van der Waals surface area contributed by atoms with Crippen molar-refractivity contribution in [2.75, 3.05) is 47.7 Å². The zero-order chi connectivity index (χ0) is 99.3. The van der Waals surface area contributed by atoms with E-state index < -0.39 is 154 Å². The van der Waals surface area contributed by atoms with E-state index in [0.29, 0.717) is 17.5 Å². The van der Waals surface area contributed by atoms with Crippen LogP contribution in [0.25, 0.3) is 44.7 Å². The second-order valence-corrected chi connectivity index (χ2v) is 33.3. The van der Waals surface area contributed by atoms with Gasteiger partial charge in [-0.25, -0.2) is 37.8 Å². The highest BCUT2D eigenvalue weighted by Gasteiger charge is 2.52. The molecule has 16 atom stereocenters. The number of hydrogen-bond acceptors (Lipinski definition) is 39. The maximum atomic E-state index is 16.6. The van der Waals surface area contributed by atoms with Crippen LogP contribution in [0.15, 0.2) is 144 Å². The molecule has 12 aromatic rings. The summed E-state index contributed by atoms with van der Waals surface area (Å²) in [7, 11) is -3.98. The maximum Gasteiger partial charge on any atom is 0.333 e. The number of aromatic amines is 2. The molecule has 4 fully saturated rings. The number of fused-ring (bicyclic) bond motifs is 4. The van der Waals surface area contributed by atoms with Gasteiger partial charge in [0.25, 0.3) is 22.9 Å². The van der Waals surface area contributed by atoms with Crippen molar-refractivity contribution in [3.8, 4) is 12.1 Å². The first-order valence-corrected chi connectivity index (χ1v) is 45.6. The van der Waals surface area contributed by atoms with Crippen molar-refractivity contribution >= 4 is 136 Å². The van der Waals surface area contributed by atoms with Crippen molar-refractivity contribution in [2.24, 2.45) is 11.8 Å². The fourth-order valence-corrected chi connectivity index (χ4v) is 16.1. The van der Waals surface area contributed by atoms with Gasteiger partial charge in [-0.05, 0) is 73.2 Å². The fraction of sp³-hybridized carbons (Fsp3) is 0.421. The van der Waals surface area contributed by atoms with Crippen LogP contribution in [0.5, 0.6) is 0 Å². The Balaban J connectivity index is 0.000000307. The summed E-state index contributed by atoms with van der Waals surface area (Å²) in [4.78, 5) is 127. The summed E-state index contributed by atoms with van der Waals surface area (Å²) in [5, 5.41) is 82.7. The van der Waals surface area contributed by atoms with E-state index in [1.807, 2.05) is 48.5 Å². The molecule has 2 aromatic carbocycles. The van der Waals surface area contributed by atoms with Crippen molar-refractivity contribution in [1.29, 1.82) is 10.5 Å². The summed E-state index contributed by atoms with van der Waals surface area (Å²) < 4.78 is 134. The van der Waals surface area contributed by atoms with Gasteiger partial charge in [0.2, 0.25) is 23.7 Å². The number of aliphatic hydroxyl groups is 2. The molecule has 4 amide bonds. The average molecular weight is 1950 g/mol. The molecule has 710 valence electrons. The monoisotopic (exact) mass is 1950 g/mol. The molecule has 50 nitrogen and oxygen atoms in total. The van der Waals surface area contributed by atoms with Crippen LogP contribution in [0.1, 0.15) is 134 Å². The smallest absolute Gasteiger partial charge is 0.333 e.